The van der Waals surface area contributed by atoms with E-state index in [2.05, 4.69) is 4.99 Å². The normalized spacial score (nSPS) is 23.0. The summed E-state index contributed by atoms with van der Waals surface area (Å²) in [7, 11) is -0.0296. The lowest BCUT2D eigenvalue weighted by Gasteiger charge is -2.26. The van der Waals surface area contributed by atoms with Gasteiger partial charge in [0.25, 0.3) is 0 Å². The van der Waals surface area contributed by atoms with E-state index in [1.807, 2.05) is 41.3 Å². The number of hydrogen-bond donors (Lipinski definition) is 0. The van der Waals surface area contributed by atoms with Crippen LogP contribution in [0.2, 0.25) is 0 Å². The fraction of sp³-hybridized carbons (Fsp3) is 0.364. The van der Waals surface area contributed by atoms with E-state index in [9.17, 15) is 13.2 Å². The summed E-state index contributed by atoms with van der Waals surface area (Å²) in [5, 5.41) is 0.351. The van der Waals surface area contributed by atoms with E-state index in [1.54, 1.807) is 26.4 Å². The van der Waals surface area contributed by atoms with Crippen molar-refractivity contribution in [2.75, 3.05) is 30.6 Å². The first-order valence-corrected chi connectivity index (χ1v) is 12.6. The number of carbonyl (C=O) groups excluding carboxylic acids is 1. The molecule has 0 aromatic heterocycles. The highest BCUT2D eigenvalue weighted by molar-refractivity contribution is 8.16. The molecule has 31 heavy (non-hydrogen) atoms. The molecule has 2 heterocycles. The van der Waals surface area contributed by atoms with Crippen LogP contribution >= 0.6 is 11.8 Å². The van der Waals surface area contributed by atoms with Crippen molar-refractivity contribution in [2.24, 2.45) is 4.99 Å². The van der Waals surface area contributed by atoms with E-state index in [0.717, 1.165) is 5.56 Å². The van der Waals surface area contributed by atoms with Gasteiger partial charge in [0.15, 0.2) is 15.0 Å². The molecular formula is C22H24N2O5S2. The Labute approximate surface area is 186 Å². The van der Waals surface area contributed by atoms with Crippen LogP contribution in [0.1, 0.15) is 12.0 Å². The van der Waals surface area contributed by atoms with Crippen LogP contribution in [0.25, 0.3) is 0 Å². The molecular weight excluding hydrogens is 436 g/mol. The summed E-state index contributed by atoms with van der Waals surface area (Å²) < 4.78 is 35.3. The minimum atomic E-state index is -3.14. The minimum absolute atomic E-state index is 0.0249. The summed E-state index contributed by atoms with van der Waals surface area (Å²) in [6.45, 7) is 0. The van der Waals surface area contributed by atoms with Crippen molar-refractivity contribution in [1.82, 2.24) is 0 Å². The number of nitrogens with zero attached hydrogens (tertiary/aromatic N) is 2. The Morgan fingerprint density at radius 1 is 1.13 bits per heavy atom. The first-order valence-electron chi connectivity index (χ1n) is 9.94. The van der Waals surface area contributed by atoms with E-state index in [-0.39, 0.29) is 35.1 Å². The molecule has 9 heteroatoms. The summed E-state index contributed by atoms with van der Waals surface area (Å²) in [6.07, 6.45) is 0.892. The van der Waals surface area contributed by atoms with Crippen molar-refractivity contribution in [3.8, 4) is 11.5 Å². The first-order chi connectivity index (χ1) is 14.9. The van der Waals surface area contributed by atoms with Gasteiger partial charge in [-0.2, -0.15) is 4.99 Å². The van der Waals surface area contributed by atoms with E-state index in [4.69, 9.17) is 9.47 Å². The van der Waals surface area contributed by atoms with Crippen molar-refractivity contribution in [1.29, 1.82) is 0 Å². The van der Waals surface area contributed by atoms with Gasteiger partial charge in [-0.1, -0.05) is 42.1 Å². The van der Waals surface area contributed by atoms with Gasteiger partial charge in [0.05, 0.1) is 37.5 Å². The molecule has 2 aliphatic heterocycles. The monoisotopic (exact) mass is 460 g/mol. The predicted molar refractivity (Wildman–Crippen MR) is 123 cm³/mol. The molecule has 2 saturated heterocycles. The number of rotatable bonds is 6. The number of ether oxygens (including phenoxy) is 2. The fourth-order valence-corrected chi connectivity index (χ4v) is 7.81. The van der Waals surface area contributed by atoms with Crippen molar-refractivity contribution < 1.29 is 22.7 Å². The SMILES string of the molecule is COc1ccc(N2C(=NC(=O)CCc3ccccc3)S[C@H]3CS(=O)(=O)C[C@@H]32)c(OC)c1. The first kappa shape index (κ1) is 21.7. The van der Waals surface area contributed by atoms with Crippen LogP contribution in [0, 0.1) is 0 Å². The van der Waals surface area contributed by atoms with E-state index in [0.29, 0.717) is 28.8 Å². The zero-order chi connectivity index (χ0) is 22.0. The maximum absolute atomic E-state index is 12.7. The van der Waals surface area contributed by atoms with Gasteiger partial charge < -0.3 is 14.4 Å². The Kier molecular flexibility index (Phi) is 6.24. The molecule has 2 fully saturated rings. The van der Waals surface area contributed by atoms with Crippen molar-refractivity contribution in [3.63, 3.8) is 0 Å². The van der Waals surface area contributed by atoms with Crippen LogP contribution in [-0.2, 0) is 21.1 Å². The highest BCUT2D eigenvalue weighted by Gasteiger charge is 2.50. The zero-order valence-corrected chi connectivity index (χ0v) is 19.0. The van der Waals surface area contributed by atoms with Crippen molar-refractivity contribution >= 4 is 38.4 Å². The maximum atomic E-state index is 12.7. The smallest absolute Gasteiger partial charge is 0.248 e. The molecule has 0 aliphatic carbocycles. The largest absolute Gasteiger partial charge is 0.497 e. The number of fused-ring (bicyclic) bond motifs is 1. The molecule has 0 unspecified atom stereocenters. The van der Waals surface area contributed by atoms with Crippen LogP contribution < -0.4 is 14.4 Å². The molecule has 0 radical (unpaired) electrons. The number of amides is 1. The van der Waals surface area contributed by atoms with Gasteiger partial charge in [0.1, 0.15) is 11.5 Å². The second kappa shape index (κ2) is 8.92. The van der Waals surface area contributed by atoms with Crippen LogP contribution in [0.3, 0.4) is 0 Å². The van der Waals surface area contributed by atoms with E-state index >= 15 is 0 Å². The fourth-order valence-electron chi connectivity index (χ4n) is 3.89. The molecule has 7 nitrogen and oxygen atoms in total. The van der Waals surface area contributed by atoms with Gasteiger partial charge in [-0.3, -0.25) is 4.79 Å². The van der Waals surface area contributed by atoms with E-state index < -0.39 is 9.84 Å². The lowest BCUT2D eigenvalue weighted by atomic mass is 10.1. The highest BCUT2D eigenvalue weighted by atomic mass is 32.2. The molecule has 1 amide bonds. The van der Waals surface area contributed by atoms with Crippen LogP contribution in [-0.4, -0.2) is 56.5 Å². The Morgan fingerprint density at radius 2 is 1.90 bits per heavy atom. The number of aryl methyl sites for hydroxylation is 1. The minimum Gasteiger partial charge on any atom is -0.497 e. The number of anilines is 1. The third-order valence-electron chi connectivity index (χ3n) is 5.40. The zero-order valence-electron chi connectivity index (χ0n) is 17.4. The highest BCUT2D eigenvalue weighted by Crippen LogP contribution is 2.44. The number of hydrogen-bond acceptors (Lipinski definition) is 6. The Morgan fingerprint density at radius 3 is 2.61 bits per heavy atom. The Bertz CT molecular complexity index is 1100. The second-order valence-electron chi connectivity index (χ2n) is 7.48. The number of carbonyl (C=O) groups is 1. The summed E-state index contributed by atoms with van der Waals surface area (Å²) in [6, 6.07) is 14.8. The van der Waals surface area contributed by atoms with Crippen LogP contribution in [0.15, 0.2) is 53.5 Å². The second-order valence-corrected chi connectivity index (χ2v) is 10.8. The average Bonchev–Trinajstić information content (AvgIpc) is 3.23. The molecule has 2 aromatic rings. The molecule has 164 valence electrons. The lowest BCUT2D eigenvalue weighted by Crippen LogP contribution is -2.38. The van der Waals surface area contributed by atoms with Gasteiger partial charge in [0.2, 0.25) is 5.91 Å². The summed E-state index contributed by atoms with van der Waals surface area (Å²) in [5.41, 5.74) is 1.75. The summed E-state index contributed by atoms with van der Waals surface area (Å²) in [4.78, 5) is 18.9. The van der Waals surface area contributed by atoms with Gasteiger partial charge >= 0.3 is 0 Å². The van der Waals surface area contributed by atoms with Crippen molar-refractivity contribution in [3.05, 3.63) is 54.1 Å². The number of benzene rings is 2. The number of sulfone groups is 1. The van der Waals surface area contributed by atoms with Gasteiger partial charge in [-0.15, -0.1) is 0 Å². The van der Waals surface area contributed by atoms with Crippen LogP contribution in [0.5, 0.6) is 11.5 Å². The number of methoxy groups -OCH3 is 2. The quantitative estimate of drug-likeness (QED) is 0.655. The predicted octanol–water partition coefficient (Wildman–Crippen LogP) is 2.94. The molecule has 2 aromatic carbocycles. The molecule has 0 spiro atoms. The molecule has 2 atom stereocenters. The topological polar surface area (TPSA) is 85.3 Å². The summed E-state index contributed by atoms with van der Waals surface area (Å²) >= 11 is 1.35. The third-order valence-corrected chi connectivity index (χ3v) is 8.61. The number of amidine groups is 1. The van der Waals surface area contributed by atoms with Gasteiger partial charge in [0, 0.05) is 17.7 Å². The molecule has 0 N–H and O–H groups in total. The molecule has 2 aliphatic rings. The third kappa shape index (κ3) is 4.72. The van der Waals surface area contributed by atoms with Crippen LogP contribution in [0.4, 0.5) is 5.69 Å². The lowest BCUT2D eigenvalue weighted by molar-refractivity contribution is -0.117. The average molecular weight is 461 g/mol. The molecule has 0 bridgehead atoms. The van der Waals surface area contributed by atoms with E-state index in [1.165, 1.54) is 11.8 Å². The standard InChI is InChI=1S/C22H24N2O5S2/c1-28-16-9-10-17(19(12-16)29-2)24-18-13-31(26,27)14-20(18)30-22(24)23-21(25)11-8-15-6-4-3-5-7-15/h3-7,9-10,12,18,20H,8,11,13-14H2,1-2H3/t18-,20-/m0/s1. The number of thioether (sulfide) groups is 1. The number of aliphatic imine (C=N–C) groups is 1. The molecule has 4 rings (SSSR count). The Balaban J connectivity index is 1.63. The molecule has 0 saturated carbocycles. The Hall–Kier alpha value is -2.52. The van der Waals surface area contributed by atoms with Gasteiger partial charge in [-0.25, -0.2) is 8.42 Å². The van der Waals surface area contributed by atoms with Gasteiger partial charge in [-0.05, 0) is 24.1 Å². The maximum Gasteiger partial charge on any atom is 0.248 e. The summed E-state index contributed by atoms with van der Waals surface area (Å²) in [5.74, 6) is 1.03. The van der Waals surface area contributed by atoms with Crippen molar-refractivity contribution in [2.45, 2.75) is 24.1 Å².